The summed E-state index contributed by atoms with van der Waals surface area (Å²) in [5, 5.41) is 22.9. The first kappa shape index (κ1) is 13.1. The summed E-state index contributed by atoms with van der Waals surface area (Å²) >= 11 is 0. The van der Waals surface area contributed by atoms with Gasteiger partial charge in [-0.1, -0.05) is 12.2 Å². The Morgan fingerprint density at radius 2 is 2.21 bits per heavy atom. The molecule has 0 aromatic heterocycles. The minimum atomic E-state index is -1.09. The zero-order valence-corrected chi connectivity index (χ0v) is 10.2. The molecule has 0 saturated carbocycles. The number of non-ortho nitro benzene ring substituents is 1. The van der Waals surface area contributed by atoms with Crippen LogP contribution in [0.2, 0.25) is 0 Å². The molecule has 0 radical (unpaired) electrons. The lowest BCUT2D eigenvalue weighted by Gasteiger charge is -2.21. The van der Waals surface area contributed by atoms with Gasteiger partial charge >= 0.3 is 5.97 Å². The van der Waals surface area contributed by atoms with E-state index in [-0.39, 0.29) is 17.3 Å². The Balaban J connectivity index is 2.29. The number of carboxylic acid groups (broad SMARTS) is 1. The predicted octanol–water partition coefficient (Wildman–Crippen LogP) is 2.81. The van der Waals surface area contributed by atoms with Gasteiger partial charge in [0, 0.05) is 18.2 Å². The highest BCUT2D eigenvalue weighted by atomic mass is 16.6. The predicted molar refractivity (Wildman–Crippen MR) is 70.5 cm³/mol. The van der Waals surface area contributed by atoms with Crippen LogP contribution < -0.4 is 5.32 Å². The highest BCUT2D eigenvalue weighted by molar-refractivity contribution is 5.94. The third-order valence-electron chi connectivity index (χ3n) is 3.07. The number of nitro benzene ring substituents is 1. The van der Waals surface area contributed by atoms with E-state index in [9.17, 15) is 14.9 Å². The first-order chi connectivity index (χ1) is 9.08. The van der Waals surface area contributed by atoms with E-state index in [1.165, 1.54) is 18.2 Å². The summed E-state index contributed by atoms with van der Waals surface area (Å²) in [6.07, 6.45) is 6.71. The van der Waals surface area contributed by atoms with Crippen molar-refractivity contribution in [3.8, 4) is 0 Å². The SMILES string of the molecule is O=C(O)c1ccc([N+](=O)[O-])cc1NC1CC=CCC1. The number of hydrogen-bond donors (Lipinski definition) is 2. The van der Waals surface area contributed by atoms with E-state index in [1.54, 1.807) is 0 Å². The smallest absolute Gasteiger partial charge is 0.337 e. The fraction of sp³-hybridized carbons (Fsp3) is 0.308. The average molecular weight is 262 g/mol. The highest BCUT2D eigenvalue weighted by Crippen LogP contribution is 2.25. The first-order valence-electron chi connectivity index (χ1n) is 6.01. The van der Waals surface area contributed by atoms with Crippen LogP contribution >= 0.6 is 0 Å². The fourth-order valence-electron chi connectivity index (χ4n) is 2.10. The largest absolute Gasteiger partial charge is 0.478 e. The monoisotopic (exact) mass is 262 g/mol. The molecule has 19 heavy (non-hydrogen) atoms. The molecule has 2 rings (SSSR count). The molecule has 1 atom stereocenters. The van der Waals surface area contributed by atoms with Crippen LogP contribution in [-0.2, 0) is 0 Å². The summed E-state index contributed by atoms with van der Waals surface area (Å²) in [7, 11) is 0. The van der Waals surface area contributed by atoms with Gasteiger partial charge in [0.05, 0.1) is 16.2 Å². The van der Waals surface area contributed by atoms with Crippen LogP contribution in [0, 0.1) is 10.1 Å². The number of allylic oxidation sites excluding steroid dienone is 1. The van der Waals surface area contributed by atoms with Crippen molar-refractivity contribution in [1.29, 1.82) is 0 Å². The highest BCUT2D eigenvalue weighted by Gasteiger charge is 2.18. The normalized spacial score (nSPS) is 18.0. The number of nitrogens with zero attached hydrogens (tertiary/aromatic N) is 1. The molecular weight excluding hydrogens is 248 g/mol. The topological polar surface area (TPSA) is 92.5 Å². The maximum Gasteiger partial charge on any atom is 0.337 e. The summed E-state index contributed by atoms with van der Waals surface area (Å²) < 4.78 is 0. The molecule has 100 valence electrons. The van der Waals surface area contributed by atoms with Crippen LogP contribution in [0.15, 0.2) is 30.4 Å². The number of anilines is 1. The zero-order chi connectivity index (χ0) is 13.8. The van der Waals surface area contributed by atoms with Gasteiger partial charge in [-0.05, 0) is 25.3 Å². The number of nitrogens with one attached hydrogen (secondary N) is 1. The van der Waals surface area contributed by atoms with Crippen LogP contribution in [0.1, 0.15) is 29.6 Å². The molecule has 2 N–H and O–H groups in total. The van der Waals surface area contributed by atoms with Gasteiger partial charge in [0.2, 0.25) is 0 Å². The number of nitro groups is 1. The van der Waals surface area contributed by atoms with Crippen molar-refractivity contribution < 1.29 is 14.8 Å². The minimum absolute atomic E-state index is 0.0557. The molecule has 1 aromatic carbocycles. The van der Waals surface area contributed by atoms with Crippen molar-refractivity contribution in [2.24, 2.45) is 0 Å². The number of aromatic carboxylic acids is 1. The molecule has 1 unspecified atom stereocenters. The second-order valence-corrected chi connectivity index (χ2v) is 4.42. The van der Waals surface area contributed by atoms with E-state index < -0.39 is 10.9 Å². The maximum atomic E-state index is 11.1. The molecule has 0 saturated heterocycles. The molecule has 0 heterocycles. The van der Waals surface area contributed by atoms with Gasteiger partial charge in [-0.3, -0.25) is 10.1 Å². The molecule has 0 bridgehead atoms. The minimum Gasteiger partial charge on any atom is -0.478 e. The van der Waals surface area contributed by atoms with Crippen LogP contribution in [0.3, 0.4) is 0 Å². The Kier molecular flexibility index (Phi) is 3.79. The lowest BCUT2D eigenvalue weighted by molar-refractivity contribution is -0.384. The van der Waals surface area contributed by atoms with Gasteiger partial charge in [-0.25, -0.2) is 4.79 Å². The second-order valence-electron chi connectivity index (χ2n) is 4.42. The molecule has 6 nitrogen and oxygen atoms in total. The van der Waals surface area contributed by atoms with Crippen LogP contribution in [0.25, 0.3) is 0 Å². The summed E-state index contributed by atoms with van der Waals surface area (Å²) in [6.45, 7) is 0. The van der Waals surface area contributed by atoms with Crippen LogP contribution in [0.4, 0.5) is 11.4 Å². The fourth-order valence-corrected chi connectivity index (χ4v) is 2.10. The Bertz CT molecular complexity index is 539. The zero-order valence-electron chi connectivity index (χ0n) is 10.2. The number of carboxylic acids is 1. The molecule has 1 aliphatic carbocycles. The van der Waals surface area contributed by atoms with Gasteiger partial charge in [0.25, 0.3) is 5.69 Å². The third-order valence-corrected chi connectivity index (χ3v) is 3.07. The van der Waals surface area contributed by atoms with Gasteiger partial charge in [0.1, 0.15) is 0 Å². The summed E-state index contributed by atoms with van der Waals surface area (Å²) in [6, 6.07) is 3.86. The first-order valence-corrected chi connectivity index (χ1v) is 6.01. The molecule has 1 aromatic rings. The number of rotatable bonds is 4. The molecule has 1 aliphatic rings. The van der Waals surface area contributed by atoms with E-state index in [2.05, 4.69) is 11.4 Å². The second kappa shape index (κ2) is 5.51. The van der Waals surface area contributed by atoms with Crippen molar-refractivity contribution >= 4 is 17.3 Å². The molecule has 0 fully saturated rings. The van der Waals surface area contributed by atoms with Crippen LogP contribution in [-0.4, -0.2) is 22.0 Å². The van der Waals surface area contributed by atoms with Crippen molar-refractivity contribution in [3.05, 3.63) is 46.0 Å². The number of hydrogen-bond acceptors (Lipinski definition) is 4. The van der Waals surface area contributed by atoms with E-state index in [0.29, 0.717) is 5.69 Å². The van der Waals surface area contributed by atoms with Gasteiger partial charge < -0.3 is 10.4 Å². The van der Waals surface area contributed by atoms with E-state index in [4.69, 9.17) is 5.11 Å². The van der Waals surface area contributed by atoms with Crippen molar-refractivity contribution in [3.63, 3.8) is 0 Å². The van der Waals surface area contributed by atoms with E-state index >= 15 is 0 Å². The van der Waals surface area contributed by atoms with E-state index in [0.717, 1.165) is 19.3 Å². The molecule has 0 aliphatic heterocycles. The lowest BCUT2D eigenvalue weighted by Crippen LogP contribution is -2.21. The Hall–Kier alpha value is -2.37. The number of carbonyl (C=O) groups is 1. The molecule has 6 heteroatoms. The maximum absolute atomic E-state index is 11.1. The lowest BCUT2D eigenvalue weighted by atomic mass is 10.0. The van der Waals surface area contributed by atoms with Gasteiger partial charge in [-0.15, -0.1) is 0 Å². The number of benzene rings is 1. The van der Waals surface area contributed by atoms with E-state index in [1.807, 2.05) is 6.08 Å². The Morgan fingerprint density at radius 1 is 1.42 bits per heavy atom. The molecular formula is C13H14N2O4. The van der Waals surface area contributed by atoms with Gasteiger partial charge in [0.15, 0.2) is 0 Å². The van der Waals surface area contributed by atoms with Crippen molar-refractivity contribution in [2.45, 2.75) is 25.3 Å². The molecule has 0 amide bonds. The summed E-state index contributed by atoms with van der Waals surface area (Å²) in [4.78, 5) is 21.3. The quantitative estimate of drug-likeness (QED) is 0.494. The average Bonchev–Trinajstić information content (AvgIpc) is 2.39. The third kappa shape index (κ3) is 3.09. The van der Waals surface area contributed by atoms with Crippen LogP contribution in [0.5, 0.6) is 0 Å². The Morgan fingerprint density at radius 3 is 2.79 bits per heavy atom. The summed E-state index contributed by atoms with van der Waals surface area (Å²) in [5.74, 6) is -1.09. The molecule has 0 spiro atoms. The van der Waals surface area contributed by atoms with Gasteiger partial charge in [-0.2, -0.15) is 0 Å². The standard InChI is InChI=1S/C13H14N2O4/c16-13(17)11-7-6-10(15(18)19)8-12(11)14-9-4-2-1-3-5-9/h1-2,6-9,14H,3-5H2,(H,16,17). The summed E-state index contributed by atoms with van der Waals surface area (Å²) in [5.41, 5.74) is 0.251. The van der Waals surface area contributed by atoms with Crippen molar-refractivity contribution in [2.75, 3.05) is 5.32 Å². The Labute approximate surface area is 109 Å². The van der Waals surface area contributed by atoms with Crippen molar-refractivity contribution in [1.82, 2.24) is 0 Å².